The first-order chi connectivity index (χ1) is 24.5. The maximum atomic E-state index is 14.2. The highest BCUT2D eigenvalue weighted by Gasteiger charge is 2.58. The van der Waals surface area contributed by atoms with E-state index in [-0.39, 0.29) is 22.9 Å². The van der Waals surface area contributed by atoms with Crippen molar-refractivity contribution in [2.24, 2.45) is 23.7 Å². The van der Waals surface area contributed by atoms with Crippen LogP contribution in [0.25, 0.3) is 0 Å². The van der Waals surface area contributed by atoms with Gasteiger partial charge in [0.05, 0.1) is 24.2 Å². The average Bonchev–Trinajstić information content (AvgIpc) is 3.06. The van der Waals surface area contributed by atoms with E-state index in [0.717, 1.165) is 106 Å². The van der Waals surface area contributed by atoms with Gasteiger partial charge in [-0.3, -0.25) is 29.0 Å². The molecule has 0 aromatic carbocycles. The molecule has 4 bridgehead atoms. The van der Waals surface area contributed by atoms with Crippen LogP contribution in [0.5, 0.6) is 0 Å². The first kappa shape index (κ1) is 34.3. The number of nitrogens with one attached hydrogen (secondary N) is 2. The number of nitrogens with zero attached hydrogens (tertiary/aromatic N) is 4. The first-order valence-corrected chi connectivity index (χ1v) is 19.3. The minimum Gasteiger partial charge on any atom is -0.331 e. The molecule has 6 aliphatic rings. The Bertz CT molecular complexity index is 1780. The van der Waals surface area contributed by atoms with Crippen LogP contribution < -0.4 is 11.1 Å². The van der Waals surface area contributed by atoms with Crippen molar-refractivity contribution in [3.8, 4) is 0 Å². The summed E-state index contributed by atoms with van der Waals surface area (Å²) < 4.78 is 0. The number of H-pyrrole nitrogens is 2. The maximum absolute atomic E-state index is 14.2. The van der Waals surface area contributed by atoms with E-state index in [2.05, 4.69) is 55.6 Å². The molecule has 2 fully saturated rings. The maximum Gasteiger partial charge on any atom is 0.248 e. The molecule has 51 heavy (non-hydrogen) atoms. The highest BCUT2D eigenvalue weighted by molar-refractivity contribution is 5.80. The lowest BCUT2D eigenvalue weighted by Crippen LogP contribution is -2.63. The van der Waals surface area contributed by atoms with Crippen LogP contribution in [0, 0.1) is 23.7 Å². The van der Waals surface area contributed by atoms with E-state index < -0.39 is 11.1 Å². The van der Waals surface area contributed by atoms with Crippen molar-refractivity contribution >= 4 is 11.8 Å². The summed E-state index contributed by atoms with van der Waals surface area (Å²) in [5.41, 5.74) is 5.98. The van der Waals surface area contributed by atoms with E-state index >= 15 is 0 Å². The molecular weight excluding hydrogens is 640 g/mol. The molecule has 2 aromatic heterocycles. The minimum atomic E-state index is -0.397. The number of rotatable bonds is 8. The lowest BCUT2D eigenvalue weighted by Gasteiger charge is -2.59. The first-order valence-electron chi connectivity index (χ1n) is 19.3. The Balaban J connectivity index is 0.912. The van der Waals surface area contributed by atoms with E-state index in [1.807, 2.05) is 26.2 Å². The summed E-state index contributed by atoms with van der Waals surface area (Å²) in [6.45, 7) is 8.05. The quantitative estimate of drug-likeness (QED) is 0.406. The lowest BCUT2D eigenvalue weighted by atomic mass is 9.56. The molecule has 0 unspecified atom stereocenters. The topological polar surface area (TPSA) is 113 Å². The third-order valence-corrected chi connectivity index (χ3v) is 13.4. The van der Waals surface area contributed by atoms with Crippen LogP contribution in [0.1, 0.15) is 81.3 Å². The normalized spacial score (nSPS) is 30.5. The van der Waals surface area contributed by atoms with Crippen molar-refractivity contribution < 1.29 is 9.59 Å². The zero-order valence-electron chi connectivity index (χ0n) is 30.8. The van der Waals surface area contributed by atoms with Crippen LogP contribution in [-0.2, 0) is 33.5 Å². The summed E-state index contributed by atoms with van der Waals surface area (Å²) in [6, 6.07) is 7.24. The van der Waals surface area contributed by atoms with Gasteiger partial charge < -0.3 is 19.8 Å². The second-order valence-electron chi connectivity index (χ2n) is 16.8. The Hall–Kier alpha value is -3.76. The standard InChI is InChI=1S/C41H54N6O4/c1-26-18-28-20-34-32(10-12-36(48)42-34)40(22-26)30(28)8-5-16-46(40)38(50)24-44(3)14-7-15-45(4)25-39(51)47-17-6-9-31-29-19-27(2)23-41(31,47)33-11-13-37(49)43-35(33)21-29/h10-13,18-19,28-31H,5-9,14-17,20-25H2,1-4H3,(H,42,48)(H,43,49)/t28-,29-,30-,31-,40+,41+/m1/s1. The van der Waals surface area contributed by atoms with Crippen LogP contribution in [-0.4, -0.2) is 94.7 Å². The molecule has 0 spiro atoms. The van der Waals surface area contributed by atoms with Gasteiger partial charge in [-0.15, -0.1) is 0 Å². The highest BCUT2D eigenvalue weighted by atomic mass is 16.2. The minimum absolute atomic E-state index is 0.0750. The molecule has 10 heteroatoms. The Kier molecular flexibility index (Phi) is 8.77. The molecule has 0 saturated carbocycles. The summed E-state index contributed by atoms with van der Waals surface area (Å²) in [5.74, 6) is 1.72. The lowest BCUT2D eigenvalue weighted by molar-refractivity contribution is -0.149. The number of aromatic amines is 2. The number of pyridine rings is 2. The van der Waals surface area contributed by atoms with E-state index in [1.54, 1.807) is 12.1 Å². The van der Waals surface area contributed by atoms with E-state index in [1.165, 1.54) is 11.1 Å². The van der Waals surface area contributed by atoms with Crippen LogP contribution in [0.15, 0.2) is 57.2 Å². The summed E-state index contributed by atoms with van der Waals surface area (Å²) in [4.78, 5) is 67.8. The molecule has 4 aliphatic carbocycles. The zero-order chi connectivity index (χ0) is 35.7. The van der Waals surface area contributed by atoms with Gasteiger partial charge >= 0.3 is 0 Å². The average molecular weight is 695 g/mol. The second-order valence-corrected chi connectivity index (χ2v) is 16.8. The van der Waals surface area contributed by atoms with Gasteiger partial charge in [0.1, 0.15) is 0 Å². The molecule has 2 aromatic rings. The summed E-state index contributed by atoms with van der Waals surface area (Å²) >= 11 is 0. The Morgan fingerprint density at radius 1 is 0.725 bits per heavy atom. The summed E-state index contributed by atoms with van der Waals surface area (Å²) in [5, 5.41) is 0. The van der Waals surface area contributed by atoms with Gasteiger partial charge in [0.15, 0.2) is 0 Å². The van der Waals surface area contributed by atoms with Crippen molar-refractivity contribution in [3.05, 3.63) is 90.8 Å². The van der Waals surface area contributed by atoms with Crippen LogP contribution >= 0.6 is 0 Å². The number of hydrogen-bond acceptors (Lipinski definition) is 6. The van der Waals surface area contributed by atoms with Crippen molar-refractivity contribution in [3.63, 3.8) is 0 Å². The van der Waals surface area contributed by atoms with Gasteiger partial charge in [-0.2, -0.15) is 0 Å². The van der Waals surface area contributed by atoms with Gasteiger partial charge in [-0.05, 0) is 146 Å². The van der Waals surface area contributed by atoms with Gasteiger partial charge in [0, 0.05) is 36.6 Å². The number of hydrogen-bond donors (Lipinski definition) is 2. The number of carbonyl (C=O) groups is 2. The smallest absolute Gasteiger partial charge is 0.248 e. The number of likely N-dealkylation sites (tertiary alicyclic amines) is 2. The molecule has 10 nitrogen and oxygen atoms in total. The van der Waals surface area contributed by atoms with E-state index in [9.17, 15) is 19.2 Å². The monoisotopic (exact) mass is 694 g/mol. The number of allylic oxidation sites excluding steroid dienone is 2. The molecular formula is C41H54N6O4. The van der Waals surface area contributed by atoms with Crippen molar-refractivity contribution in [1.29, 1.82) is 0 Å². The Morgan fingerprint density at radius 3 is 1.59 bits per heavy atom. The van der Waals surface area contributed by atoms with Gasteiger partial charge in [-0.25, -0.2) is 0 Å². The van der Waals surface area contributed by atoms with Crippen molar-refractivity contribution in [2.45, 2.75) is 82.7 Å². The molecule has 6 atom stereocenters. The predicted octanol–water partition coefficient (Wildman–Crippen LogP) is 3.93. The molecule has 0 radical (unpaired) electrons. The summed E-state index contributed by atoms with van der Waals surface area (Å²) in [7, 11) is 4.05. The molecule has 4 heterocycles. The number of piperidine rings is 2. The number of likely N-dealkylation sites (N-methyl/N-ethyl adjacent to an activating group) is 2. The van der Waals surface area contributed by atoms with Crippen molar-refractivity contribution in [2.75, 3.05) is 53.4 Å². The molecule has 2 saturated heterocycles. The SMILES string of the molecule is CC1=C[C@@H]2Cc3[nH]c(=O)ccc3[C@]3(C1)[C@@H]2CCCN3C(=O)CN(C)CCCN(C)CC(=O)N1CCC[C@@H]2[C@@H]3C=C(C)C[C@@]21c1ccc(=O)[nH]c1C3. The molecule has 2 amide bonds. The fourth-order valence-electron chi connectivity index (χ4n) is 11.8. The largest absolute Gasteiger partial charge is 0.331 e. The molecule has 8 rings (SSSR count). The zero-order valence-corrected chi connectivity index (χ0v) is 30.8. The van der Waals surface area contributed by atoms with Crippen LogP contribution in [0.2, 0.25) is 0 Å². The van der Waals surface area contributed by atoms with Gasteiger partial charge in [0.25, 0.3) is 0 Å². The van der Waals surface area contributed by atoms with Gasteiger partial charge in [-0.1, -0.05) is 23.3 Å². The third kappa shape index (κ3) is 5.68. The fraction of sp³-hybridized carbons (Fsp3) is 0.610. The predicted molar refractivity (Wildman–Crippen MR) is 197 cm³/mol. The van der Waals surface area contributed by atoms with E-state index in [4.69, 9.17) is 0 Å². The number of fused-ring (bicyclic) bond motifs is 2. The Labute approximate surface area is 301 Å². The third-order valence-electron chi connectivity index (χ3n) is 13.4. The van der Waals surface area contributed by atoms with Crippen LogP contribution in [0.3, 0.4) is 0 Å². The van der Waals surface area contributed by atoms with Gasteiger partial charge in [0.2, 0.25) is 22.9 Å². The fourth-order valence-corrected chi connectivity index (χ4v) is 11.8. The highest BCUT2D eigenvalue weighted by Crippen LogP contribution is 2.58. The Morgan fingerprint density at radius 2 is 1.16 bits per heavy atom. The molecule has 272 valence electrons. The number of aromatic nitrogens is 2. The van der Waals surface area contributed by atoms with Crippen LogP contribution in [0.4, 0.5) is 0 Å². The number of amides is 2. The summed E-state index contributed by atoms with van der Waals surface area (Å²) in [6.07, 6.45) is 13.1. The molecule has 2 N–H and O–H groups in total. The second kappa shape index (κ2) is 13.0. The van der Waals surface area contributed by atoms with E-state index in [0.29, 0.717) is 36.8 Å². The number of carbonyl (C=O) groups excluding carboxylic acids is 2. The van der Waals surface area contributed by atoms with Crippen molar-refractivity contribution in [1.82, 2.24) is 29.6 Å². The molecule has 2 aliphatic heterocycles.